The SMILES string of the molecule is CC(C)(C)OC(=O)N1CCN(c2ccc(Nc3nc(N)c(C(=O)c4c(F)cccc4F)s3)cc2)CC1(C)C. The Hall–Kier alpha value is -3.73. The molecule has 11 heteroatoms. The number of ether oxygens (including phenoxy) is 1. The molecule has 0 aliphatic carbocycles. The first-order valence-corrected chi connectivity index (χ1v) is 12.9. The molecule has 1 aromatic heterocycles. The van der Waals surface area contributed by atoms with Crippen LogP contribution >= 0.6 is 11.3 Å². The van der Waals surface area contributed by atoms with E-state index < -0.39 is 34.1 Å². The first-order valence-electron chi connectivity index (χ1n) is 12.1. The molecule has 0 unspecified atom stereocenters. The Labute approximate surface area is 224 Å². The van der Waals surface area contributed by atoms with Gasteiger partial charge in [0.25, 0.3) is 0 Å². The predicted molar refractivity (Wildman–Crippen MR) is 145 cm³/mol. The molecule has 0 bridgehead atoms. The molecule has 0 spiro atoms. The largest absolute Gasteiger partial charge is 0.444 e. The number of aromatic nitrogens is 1. The lowest BCUT2D eigenvalue weighted by Crippen LogP contribution is -2.61. The Kier molecular flexibility index (Phi) is 7.33. The molecular formula is C27H31F2N5O3S. The Morgan fingerprint density at radius 1 is 1.08 bits per heavy atom. The van der Waals surface area contributed by atoms with Gasteiger partial charge in [0.1, 0.15) is 27.9 Å². The molecule has 202 valence electrons. The summed E-state index contributed by atoms with van der Waals surface area (Å²) in [6, 6.07) is 10.8. The summed E-state index contributed by atoms with van der Waals surface area (Å²) in [5.41, 5.74) is 5.93. The molecule has 1 saturated heterocycles. The molecule has 0 saturated carbocycles. The number of nitrogens with one attached hydrogen (secondary N) is 1. The van der Waals surface area contributed by atoms with Crippen molar-refractivity contribution in [1.29, 1.82) is 0 Å². The van der Waals surface area contributed by atoms with Crippen LogP contribution in [0.15, 0.2) is 42.5 Å². The Morgan fingerprint density at radius 2 is 1.71 bits per heavy atom. The molecule has 1 aliphatic heterocycles. The second-order valence-corrected chi connectivity index (χ2v) is 11.7. The maximum Gasteiger partial charge on any atom is 0.410 e. The molecule has 1 aliphatic rings. The molecule has 2 aromatic carbocycles. The van der Waals surface area contributed by atoms with Crippen LogP contribution in [0.3, 0.4) is 0 Å². The van der Waals surface area contributed by atoms with Gasteiger partial charge in [0.05, 0.1) is 11.1 Å². The van der Waals surface area contributed by atoms with Gasteiger partial charge in [0.15, 0.2) is 5.13 Å². The van der Waals surface area contributed by atoms with Gasteiger partial charge in [0.2, 0.25) is 5.78 Å². The Bertz CT molecular complexity index is 1330. The Balaban J connectivity index is 1.43. The molecule has 38 heavy (non-hydrogen) atoms. The molecule has 8 nitrogen and oxygen atoms in total. The number of halogens is 2. The van der Waals surface area contributed by atoms with Crippen molar-refractivity contribution in [1.82, 2.24) is 9.88 Å². The second kappa shape index (κ2) is 10.2. The van der Waals surface area contributed by atoms with Crippen LogP contribution in [0.2, 0.25) is 0 Å². The molecular weight excluding hydrogens is 512 g/mol. The van der Waals surface area contributed by atoms with Crippen LogP contribution in [0, 0.1) is 11.6 Å². The lowest BCUT2D eigenvalue weighted by molar-refractivity contribution is 0.000366. The maximum atomic E-state index is 14.1. The topological polar surface area (TPSA) is 101 Å². The summed E-state index contributed by atoms with van der Waals surface area (Å²) >= 11 is 0.924. The number of ketones is 1. The van der Waals surface area contributed by atoms with E-state index in [9.17, 15) is 18.4 Å². The average Bonchev–Trinajstić information content (AvgIpc) is 3.17. The maximum absolute atomic E-state index is 14.1. The molecule has 4 rings (SSSR count). The van der Waals surface area contributed by atoms with E-state index in [2.05, 4.69) is 15.2 Å². The normalized spacial score (nSPS) is 15.3. The number of nitrogens with two attached hydrogens (primary N) is 1. The van der Waals surface area contributed by atoms with Crippen molar-refractivity contribution < 1.29 is 23.1 Å². The van der Waals surface area contributed by atoms with Gasteiger partial charge < -0.3 is 20.7 Å². The molecule has 0 radical (unpaired) electrons. The minimum absolute atomic E-state index is 0.0433. The summed E-state index contributed by atoms with van der Waals surface area (Å²) in [6.45, 7) is 11.4. The highest BCUT2D eigenvalue weighted by molar-refractivity contribution is 7.18. The van der Waals surface area contributed by atoms with Gasteiger partial charge in [0, 0.05) is 31.0 Å². The predicted octanol–water partition coefficient (Wildman–Crippen LogP) is 5.81. The van der Waals surface area contributed by atoms with Crippen LogP contribution in [0.25, 0.3) is 0 Å². The van der Waals surface area contributed by atoms with E-state index in [1.54, 1.807) is 4.90 Å². The monoisotopic (exact) mass is 543 g/mol. The Morgan fingerprint density at radius 3 is 2.29 bits per heavy atom. The van der Waals surface area contributed by atoms with Gasteiger partial charge >= 0.3 is 6.09 Å². The van der Waals surface area contributed by atoms with Crippen molar-refractivity contribution >= 4 is 45.5 Å². The van der Waals surface area contributed by atoms with Crippen LogP contribution in [-0.2, 0) is 4.74 Å². The molecule has 0 atom stereocenters. The third-order valence-electron chi connectivity index (χ3n) is 6.05. The average molecular weight is 544 g/mol. The van der Waals surface area contributed by atoms with Crippen molar-refractivity contribution in [2.45, 2.75) is 45.8 Å². The summed E-state index contributed by atoms with van der Waals surface area (Å²) in [7, 11) is 0. The zero-order valence-electron chi connectivity index (χ0n) is 22.0. The van der Waals surface area contributed by atoms with Gasteiger partial charge in [-0.15, -0.1) is 0 Å². The van der Waals surface area contributed by atoms with E-state index in [1.165, 1.54) is 6.07 Å². The molecule has 3 aromatic rings. The summed E-state index contributed by atoms with van der Waals surface area (Å²) < 4.78 is 33.7. The number of thiazole rings is 1. The second-order valence-electron chi connectivity index (χ2n) is 10.7. The van der Waals surface area contributed by atoms with Crippen molar-refractivity contribution in [2.24, 2.45) is 0 Å². The summed E-state index contributed by atoms with van der Waals surface area (Å²) in [5, 5.41) is 3.41. The van der Waals surface area contributed by atoms with Crippen LogP contribution in [0.5, 0.6) is 0 Å². The van der Waals surface area contributed by atoms with Gasteiger partial charge in [-0.3, -0.25) is 9.69 Å². The number of carbonyl (C=O) groups is 2. The van der Waals surface area contributed by atoms with Gasteiger partial charge in [-0.25, -0.2) is 18.6 Å². The van der Waals surface area contributed by atoms with E-state index in [1.807, 2.05) is 58.9 Å². The van der Waals surface area contributed by atoms with E-state index in [4.69, 9.17) is 10.5 Å². The lowest BCUT2D eigenvalue weighted by Gasteiger charge is -2.47. The smallest absolute Gasteiger partial charge is 0.410 e. The number of benzene rings is 2. The number of nitrogen functional groups attached to an aromatic ring is 1. The molecule has 2 heterocycles. The van der Waals surface area contributed by atoms with E-state index in [-0.39, 0.29) is 16.8 Å². The fourth-order valence-electron chi connectivity index (χ4n) is 4.29. The van der Waals surface area contributed by atoms with Crippen molar-refractivity contribution in [2.75, 3.05) is 35.6 Å². The lowest BCUT2D eigenvalue weighted by atomic mass is 9.98. The number of piperazine rings is 1. The molecule has 3 N–H and O–H groups in total. The van der Waals surface area contributed by atoms with Crippen molar-refractivity contribution in [3.63, 3.8) is 0 Å². The number of hydrogen-bond donors (Lipinski definition) is 2. The minimum Gasteiger partial charge on any atom is -0.444 e. The summed E-state index contributed by atoms with van der Waals surface area (Å²) in [5.74, 6) is -2.87. The quantitative estimate of drug-likeness (QED) is 0.392. The third kappa shape index (κ3) is 5.88. The van der Waals surface area contributed by atoms with Crippen molar-refractivity contribution in [3.05, 3.63) is 64.5 Å². The minimum atomic E-state index is -0.956. The van der Waals surface area contributed by atoms with E-state index in [0.29, 0.717) is 30.5 Å². The fraction of sp³-hybridized carbons (Fsp3) is 0.370. The van der Waals surface area contributed by atoms with Crippen LogP contribution in [0.4, 0.5) is 35.9 Å². The highest BCUT2D eigenvalue weighted by Crippen LogP contribution is 2.32. The zero-order chi connectivity index (χ0) is 27.8. The third-order valence-corrected chi connectivity index (χ3v) is 7.03. The van der Waals surface area contributed by atoms with Gasteiger partial charge in [-0.1, -0.05) is 17.4 Å². The first kappa shape index (κ1) is 27.3. The fourth-order valence-corrected chi connectivity index (χ4v) is 5.14. The van der Waals surface area contributed by atoms with Crippen LogP contribution < -0.4 is 16.0 Å². The highest BCUT2D eigenvalue weighted by atomic mass is 32.1. The van der Waals surface area contributed by atoms with Gasteiger partial charge in [-0.2, -0.15) is 0 Å². The summed E-state index contributed by atoms with van der Waals surface area (Å²) in [6.07, 6.45) is -0.319. The first-order chi connectivity index (χ1) is 17.7. The zero-order valence-corrected chi connectivity index (χ0v) is 22.8. The van der Waals surface area contributed by atoms with Crippen molar-refractivity contribution in [3.8, 4) is 0 Å². The number of carbonyl (C=O) groups excluding carboxylic acids is 2. The van der Waals surface area contributed by atoms with Crippen LogP contribution in [-0.4, -0.2) is 52.5 Å². The molecule has 1 amide bonds. The number of hydrogen-bond acceptors (Lipinski definition) is 8. The number of amides is 1. The van der Waals surface area contributed by atoms with E-state index in [0.717, 1.165) is 29.2 Å². The number of nitrogens with zero attached hydrogens (tertiary/aromatic N) is 3. The molecule has 1 fully saturated rings. The van der Waals surface area contributed by atoms with Gasteiger partial charge in [-0.05, 0) is 71.0 Å². The standard InChI is InChI=1S/C27H31F2N5O3S/c1-26(2,3)37-25(36)34-14-13-33(15-27(34,4)5)17-11-9-16(10-12-17)31-24-32-23(30)22(38-24)21(35)20-18(28)7-6-8-19(20)29/h6-12H,13-15,30H2,1-5H3,(H,31,32). The number of anilines is 4. The highest BCUT2D eigenvalue weighted by Gasteiger charge is 2.39. The van der Waals surface area contributed by atoms with E-state index >= 15 is 0 Å². The van der Waals surface area contributed by atoms with Crippen LogP contribution in [0.1, 0.15) is 49.9 Å². The summed E-state index contributed by atoms with van der Waals surface area (Å²) in [4.78, 5) is 33.5. The number of rotatable bonds is 5.